The molecule has 0 aromatic heterocycles. The third kappa shape index (κ3) is 3.10. The predicted octanol–water partition coefficient (Wildman–Crippen LogP) is 2.43. The molecule has 0 spiro atoms. The van der Waals surface area contributed by atoms with E-state index in [4.69, 9.17) is 16.7 Å². The van der Waals surface area contributed by atoms with Crippen LogP contribution in [0.2, 0.25) is 5.02 Å². The number of nitrogens with one attached hydrogen (secondary N) is 1. The smallest absolute Gasteiger partial charge is 0.255 e. The molecular weight excluding hydrogens is 278 g/mol. The number of carbonyl (C=O) groups is 1. The van der Waals surface area contributed by atoms with Crippen LogP contribution in [0.1, 0.15) is 10.4 Å². The van der Waals surface area contributed by atoms with Crippen LogP contribution in [0.25, 0.3) is 11.1 Å². The highest BCUT2D eigenvalue weighted by atomic mass is 35.5. The molecule has 0 heterocycles. The van der Waals surface area contributed by atoms with Crippen LogP contribution in [0, 0.1) is 0 Å². The van der Waals surface area contributed by atoms with Crippen molar-refractivity contribution in [3.8, 4) is 16.9 Å². The summed E-state index contributed by atoms with van der Waals surface area (Å²) < 4.78 is 0. The Hall–Kier alpha value is -2.04. The van der Waals surface area contributed by atoms with E-state index < -0.39 is 5.91 Å². The van der Waals surface area contributed by atoms with E-state index in [0.29, 0.717) is 0 Å². The maximum atomic E-state index is 11.9. The van der Waals surface area contributed by atoms with Gasteiger partial charge in [0.05, 0.1) is 17.2 Å². The van der Waals surface area contributed by atoms with Crippen molar-refractivity contribution < 1.29 is 15.0 Å². The molecule has 2 rings (SSSR count). The van der Waals surface area contributed by atoms with Crippen molar-refractivity contribution in [2.45, 2.75) is 0 Å². The zero-order valence-corrected chi connectivity index (χ0v) is 11.4. The van der Waals surface area contributed by atoms with Gasteiger partial charge >= 0.3 is 0 Å². The largest absolute Gasteiger partial charge is 0.506 e. The van der Waals surface area contributed by atoms with Crippen molar-refractivity contribution >= 4 is 17.5 Å². The molecule has 0 unspecified atom stereocenters. The zero-order chi connectivity index (χ0) is 14.5. The van der Waals surface area contributed by atoms with E-state index >= 15 is 0 Å². The molecule has 3 N–H and O–H groups in total. The monoisotopic (exact) mass is 291 g/mol. The molecule has 104 valence electrons. The molecule has 4 nitrogen and oxygen atoms in total. The lowest BCUT2D eigenvalue weighted by Crippen LogP contribution is -2.26. The normalized spacial score (nSPS) is 10.3. The van der Waals surface area contributed by atoms with E-state index in [9.17, 15) is 9.90 Å². The molecule has 0 fully saturated rings. The summed E-state index contributed by atoms with van der Waals surface area (Å²) in [5, 5.41) is 21.2. The summed E-state index contributed by atoms with van der Waals surface area (Å²) in [5.74, 6) is -0.738. The van der Waals surface area contributed by atoms with E-state index in [1.54, 1.807) is 12.1 Å². The molecule has 0 atom stereocenters. The van der Waals surface area contributed by atoms with Gasteiger partial charge in [-0.3, -0.25) is 4.79 Å². The minimum Gasteiger partial charge on any atom is -0.506 e. The van der Waals surface area contributed by atoms with Crippen LogP contribution in [0.3, 0.4) is 0 Å². The number of rotatable bonds is 4. The molecule has 2 aromatic carbocycles. The Morgan fingerprint density at radius 1 is 1.15 bits per heavy atom. The summed E-state index contributed by atoms with van der Waals surface area (Å²) in [4.78, 5) is 11.9. The molecule has 1 amide bonds. The zero-order valence-electron chi connectivity index (χ0n) is 10.6. The number of carbonyl (C=O) groups excluding carboxylic acids is 1. The first-order valence-corrected chi connectivity index (χ1v) is 6.48. The Morgan fingerprint density at radius 3 is 2.50 bits per heavy atom. The Morgan fingerprint density at radius 2 is 1.85 bits per heavy atom. The quantitative estimate of drug-likeness (QED) is 0.810. The fourth-order valence-corrected chi connectivity index (χ4v) is 2.05. The van der Waals surface area contributed by atoms with Crippen molar-refractivity contribution in [3.05, 3.63) is 53.1 Å². The number of aromatic hydroxyl groups is 1. The number of aliphatic hydroxyl groups excluding tert-OH is 1. The van der Waals surface area contributed by atoms with Gasteiger partial charge in [0.1, 0.15) is 5.75 Å². The molecule has 0 aliphatic heterocycles. The SMILES string of the molecule is O=C(NCCO)c1cc(-c2ccccc2)cc(Cl)c1O. The second kappa shape index (κ2) is 6.41. The average molecular weight is 292 g/mol. The number of phenols is 1. The number of hydrogen-bond acceptors (Lipinski definition) is 3. The molecule has 0 bridgehead atoms. The van der Waals surface area contributed by atoms with Crippen LogP contribution in [0.4, 0.5) is 0 Å². The van der Waals surface area contributed by atoms with Gasteiger partial charge in [-0.2, -0.15) is 0 Å². The van der Waals surface area contributed by atoms with E-state index in [2.05, 4.69) is 5.32 Å². The van der Waals surface area contributed by atoms with Gasteiger partial charge in [-0.1, -0.05) is 41.9 Å². The van der Waals surface area contributed by atoms with E-state index in [-0.39, 0.29) is 29.5 Å². The highest BCUT2D eigenvalue weighted by Gasteiger charge is 2.15. The summed E-state index contributed by atoms with van der Waals surface area (Å²) in [6.45, 7) is -0.0515. The first-order chi connectivity index (χ1) is 9.63. The Bertz CT molecular complexity index is 614. The third-order valence-electron chi connectivity index (χ3n) is 2.81. The highest BCUT2D eigenvalue weighted by molar-refractivity contribution is 6.33. The number of halogens is 1. The van der Waals surface area contributed by atoms with Crippen molar-refractivity contribution in [2.24, 2.45) is 0 Å². The molecular formula is C15H14ClNO3. The molecule has 5 heteroatoms. The van der Waals surface area contributed by atoms with E-state index in [1.807, 2.05) is 30.3 Å². The van der Waals surface area contributed by atoms with Gasteiger partial charge in [0.2, 0.25) is 0 Å². The molecule has 0 radical (unpaired) electrons. The summed E-state index contributed by atoms with van der Waals surface area (Å²) in [5.41, 5.74) is 1.72. The van der Waals surface area contributed by atoms with Crippen molar-refractivity contribution in [2.75, 3.05) is 13.2 Å². The van der Waals surface area contributed by atoms with Crippen LogP contribution >= 0.6 is 11.6 Å². The van der Waals surface area contributed by atoms with E-state index in [0.717, 1.165) is 11.1 Å². The Kier molecular flexibility index (Phi) is 4.61. The maximum Gasteiger partial charge on any atom is 0.255 e. The fourth-order valence-electron chi connectivity index (χ4n) is 1.83. The van der Waals surface area contributed by atoms with Crippen LogP contribution < -0.4 is 5.32 Å². The standard InChI is InChI=1S/C15H14ClNO3/c16-13-9-11(10-4-2-1-3-5-10)8-12(14(13)19)15(20)17-6-7-18/h1-5,8-9,18-19H,6-7H2,(H,17,20). The van der Waals surface area contributed by atoms with E-state index in [1.165, 1.54) is 0 Å². The highest BCUT2D eigenvalue weighted by Crippen LogP contribution is 2.33. The van der Waals surface area contributed by atoms with Crippen molar-refractivity contribution in [1.29, 1.82) is 0 Å². The van der Waals surface area contributed by atoms with Crippen LogP contribution in [-0.2, 0) is 0 Å². The number of amides is 1. The summed E-state index contributed by atoms with van der Waals surface area (Å²) in [6.07, 6.45) is 0. The van der Waals surface area contributed by atoms with Gasteiger partial charge in [-0.15, -0.1) is 0 Å². The van der Waals surface area contributed by atoms with Gasteiger partial charge in [-0.25, -0.2) is 0 Å². The number of benzene rings is 2. The van der Waals surface area contributed by atoms with Crippen molar-refractivity contribution in [1.82, 2.24) is 5.32 Å². The average Bonchev–Trinajstić information content (AvgIpc) is 2.48. The lowest BCUT2D eigenvalue weighted by molar-refractivity contribution is 0.0942. The molecule has 2 aromatic rings. The maximum absolute atomic E-state index is 11.9. The number of aliphatic hydroxyl groups is 1. The summed E-state index contributed by atoms with van der Waals surface area (Å²) in [6, 6.07) is 12.6. The molecule has 0 aliphatic rings. The Labute approximate surface area is 121 Å². The van der Waals surface area contributed by atoms with Crippen LogP contribution in [0.5, 0.6) is 5.75 Å². The number of hydrogen-bond donors (Lipinski definition) is 3. The summed E-state index contributed by atoms with van der Waals surface area (Å²) in [7, 11) is 0. The second-order valence-corrected chi connectivity index (χ2v) is 4.61. The third-order valence-corrected chi connectivity index (χ3v) is 3.10. The van der Waals surface area contributed by atoms with Gasteiger partial charge in [0.15, 0.2) is 0 Å². The topological polar surface area (TPSA) is 69.6 Å². The molecule has 20 heavy (non-hydrogen) atoms. The lowest BCUT2D eigenvalue weighted by atomic mass is 10.0. The fraction of sp³-hybridized carbons (Fsp3) is 0.133. The summed E-state index contributed by atoms with van der Waals surface area (Å²) >= 11 is 5.97. The van der Waals surface area contributed by atoms with Gasteiger partial charge in [-0.05, 0) is 23.3 Å². The van der Waals surface area contributed by atoms with Crippen molar-refractivity contribution in [3.63, 3.8) is 0 Å². The lowest BCUT2D eigenvalue weighted by Gasteiger charge is -2.10. The Balaban J connectivity index is 2.42. The first kappa shape index (κ1) is 14.4. The molecule has 0 saturated heterocycles. The van der Waals surface area contributed by atoms with Gasteiger partial charge < -0.3 is 15.5 Å². The molecule has 0 aliphatic carbocycles. The van der Waals surface area contributed by atoms with Gasteiger partial charge in [0, 0.05) is 6.54 Å². The predicted molar refractivity (Wildman–Crippen MR) is 78.0 cm³/mol. The first-order valence-electron chi connectivity index (χ1n) is 6.10. The molecule has 0 saturated carbocycles. The minimum atomic E-state index is -0.476. The van der Waals surface area contributed by atoms with Gasteiger partial charge in [0.25, 0.3) is 5.91 Å². The minimum absolute atomic E-state index is 0.0878. The van der Waals surface area contributed by atoms with Crippen LogP contribution in [0.15, 0.2) is 42.5 Å². The number of phenolic OH excluding ortho intramolecular Hbond substituents is 1. The second-order valence-electron chi connectivity index (χ2n) is 4.20. The van der Waals surface area contributed by atoms with Crippen LogP contribution in [-0.4, -0.2) is 29.3 Å².